The van der Waals surface area contributed by atoms with Crippen molar-refractivity contribution in [3.8, 4) is 11.5 Å². The summed E-state index contributed by atoms with van der Waals surface area (Å²) in [5.41, 5.74) is 0.758. The molecule has 0 aliphatic carbocycles. The molecule has 1 fully saturated rings. The third kappa shape index (κ3) is 3.33. The van der Waals surface area contributed by atoms with E-state index in [1.807, 2.05) is 6.07 Å². The van der Waals surface area contributed by atoms with E-state index in [0.29, 0.717) is 31.1 Å². The maximum Gasteiger partial charge on any atom is 0.325 e. The van der Waals surface area contributed by atoms with Crippen LogP contribution in [0.15, 0.2) is 18.2 Å². The third-order valence-corrected chi connectivity index (χ3v) is 3.95. The van der Waals surface area contributed by atoms with Crippen molar-refractivity contribution in [3.63, 3.8) is 0 Å². The Bertz CT molecular complexity index is 605. The fourth-order valence-electron chi connectivity index (χ4n) is 2.66. The second-order valence-corrected chi connectivity index (χ2v) is 5.60. The standard InChI is InChI=1S/C16H21N3O4/c1-2-3-6-17-15(20)10-18-7-8-19(16(18)21)12-4-5-13-14(9-12)23-11-22-13/h4-5,9H,2-3,6-8,10-11H2,1H3,(H,17,20). The Morgan fingerprint density at radius 3 is 2.91 bits per heavy atom. The smallest absolute Gasteiger partial charge is 0.325 e. The van der Waals surface area contributed by atoms with E-state index in [2.05, 4.69) is 12.2 Å². The van der Waals surface area contributed by atoms with Gasteiger partial charge in [-0.3, -0.25) is 9.69 Å². The SMILES string of the molecule is CCCCNC(=O)CN1CCN(c2ccc3c(c2)OCO3)C1=O. The highest BCUT2D eigenvalue weighted by molar-refractivity contribution is 5.96. The quantitative estimate of drug-likeness (QED) is 0.808. The summed E-state index contributed by atoms with van der Waals surface area (Å²) in [5.74, 6) is 1.22. The fraction of sp³-hybridized carbons (Fsp3) is 0.500. The van der Waals surface area contributed by atoms with Gasteiger partial charge in [-0.2, -0.15) is 0 Å². The number of nitrogens with one attached hydrogen (secondary N) is 1. The van der Waals surface area contributed by atoms with Gasteiger partial charge in [-0.25, -0.2) is 4.79 Å². The summed E-state index contributed by atoms with van der Waals surface area (Å²) in [6.45, 7) is 4.12. The number of fused-ring (bicyclic) bond motifs is 1. The summed E-state index contributed by atoms with van der Waals surface area (Å²) >= 11 is 0. The van der Waals surface area contributed by atoms with Crippen LogP contribution in [0.1, 0.15) is 19.8 Å². The molecule has 0 radical (unpaired) electrons. The molecule has 1 aromatic rings. The maximum atomic E-state index is 12.5. The van der Waals surface area contributed by atoms with Crippen LogP contribution < -0.4 is 19.7 Å². The van der Waals surface area contributed by atoms with Crippen LogP contribution in [0.3, 0.4) is 0 Å². The highest BCUT2D eigenvalue weighted by atomic mass is 16.7. The highest BCUT2D eigenvalue weighted by Crippen LogP contribution is 2.36. The molecule has 1 aromatic carbocycles. The second-order valence-electron chi connectivity index (χ2n) is 5.60. The van der Waals surface area contributed by atoms with Crippen LogP contribution in [-0.2, 0) is 4.79 Å². The van der Waals surface area contributed by atoms with Gasteiger partial charge < -0.3 is 19.7 Å². The van der Waals surface area contributed by atoms with Crippen LogP contribution >= 0.6 is 0 Å². The molecule has 7 heteroatoms. The average molecular weight is 319 g/mol. The van der Waals surface area contributed by atoms with Gasteiger partial charge in [-0.05, 0) is 18.6 Å². The van der Waals surface area contributed by atoms with Crippen molar-refractivity contribution >= 4 is 17.6 Å². The number of amides is 3. The van der Waals surface area contributed by atoms with Gasteiger partial charge in [-0.15, -0.1) is 0 Å². The summed E-state index contributed by atoms with van der Waals surface area (Å²) < 4.78 is 10.6. The summed E-state index contributed by atoms with van der Waals surface area (Å²) in [7, 11) is 0. The summed E-state index contributed by atoms with van der Waals surface area (Å²) in [6, 6.07) is 5.27. The number of nitrogens with zero attached hydrogens (tertiary/aromatic N) is 2. The Labute approximate surface area is 135 Å². The molecule has 0 aromatic heterocycles. The van der Waals surface area contributed by atoms with Crippen LogP contribution in [0, 0.1) is 0 Å². The van der Waals surface area contributed by atoms with Gasteiger partial charge in [0, 0.05) is 31.4 Å². The summed E-state index contributed by atoms with van der Waals surface area (Å²) in [5, 5.41) is 2.83. The lowest BCUT2D eigenvalue weighted by molar-refractivity contribution is -0.121. The zero-order valence-corrected chi connectivity index (χ0v) is 13.2. The Hall–Kier alpha value is -2.44. The number of benzene rings is 1. The van der Waals surface area contributed by atoms with Crippen molar-refractivity contribution < 1.29 is 19.1 Å². The van der Waals surface area contributed by atoms with Crippen LogP contribution in [0.5, 0.6) is 11.5 Å². The van der Waals surface area contributed by atoms with Crippen molar-refractivity contribution in [2.75, 3.05) is 37.9 Å². The topological polar surface area (TPSA) is 71.1 Å². The molecule has 124 valence electrons. The van der Waals surface area contributed by atoms with Gasteiger partial charge in [0.2, 0.25) is 12.7 Å². The lowest BCUT2D eigenvalue weighted by Crippen LogP contribution is -2.40. The van der Waals surface area contributed by atoms with E-state index in [1.165, 1.54) is 0 Å². The highest BCUT2D eigenvalue weighted by Gasteiger charge is 2.31. The minimum atomic E-state index is -0.158. The minimum absolute atomic E-state index is 0.101. The zero-order chi connectivity index (χ0) is 16.2. The predicted molar refractivity (Wildman–Crippen MR) is 84.8 cm³/mol. The molecule has 1 saturated heterocycles. The number of carbonyl (C=O) groups excluding carboxylic acids is 2. The lowest BCUT2D eigenvalue weighted by atomic mass is 10.2. The monoisotopic (exact) mass is 319 g/mol. The Morgan fingerprint density at radius 1 is 1.26 bits per heavy atom. The molecular formula is C16H21N3O4. The van der Waals surface area contributed by atoms with Gasteiger partial charge in [0.25, 0.3) is 0 Å². The molecule has 0 atom stereocenters. The molecule has 23 heavy (non-hydrogen) atoms. The second kappa shape index (κ2) is 6.76. The van der Waals surface area contributed by atoms with E-state index in [9.17, 15) is 9.59 Å². The van der Waals surface area contributed by atoms with Gasteiger partial charge in [0.05, 0.1) is 0 Å². The third-order valence-electron chi connectivity index (χ3n) is 3.95. The van der Waals surface area contributed by atoms with E-state index in [0.717, 1.165) is 18.5 Å². The number of unbranched alkanes of at least 4 members (excludes halogenated alkanes) is 1. The van der Waals surface area contributed by atoms with Crippen LogP contribution in [-0.4, -0.2) is 49.8 Å². The molecule has 0 spiro atoms. The molecule has 2 heterocycles. The number of rotatable bonds is 6. The minimum Gasteiger partial charge on any atom is -0.454 e. The number of hydrogen-bond acceptors (Lipinski definition) is 4. The van der Waals surface area contributed by atoms with Gasteiger partial charge in [0.15, 0.2) is 11.5 Å². The first-order chi connectivity index (χ1) is 11.2. The molecule has 0 saturated carbocycles. The van der Waals surface area contributed by atoms with E-state index < -0.39 is 0 Å². The Balaban J connectivity index is 1.59. The number of urea groups is 1. The first kappa shape index (κ1) is 15.5. The summed E-state index contributed by atoms with van der Waals surface area (Å²) in [6.07, 6.45) is 1.98. The lowest BCUT2D eigenvalue weighted by Gasteiger charge is -2.18. The fourth-order valence-corrected chi connectivity index (χ4v) is 2.66. The molecule has 0 unspecified atom stereocenters. The van der Waals surface area contributed by atoms with Gasteiger partial charge in [-0.1, -0.05) is 13.3 Å². The normalized spacial score (nSPS) is 16.1. The maximum absolute atomic E-state index is 12.5. The zero-order valence-electron chi connectivity index (χ0n) is 13.2. The number of hydrogen-bond donors (Lipinski definition) is 1. The van der Waals surface area contributed by atoms with Crippen LogP contribution in [0.25, 0.3) is 0 Å². The van der Waals surface area contributed by atoms with Crippen molar-refractivity contribution in [2.45, 2.75) is 19.8 Å². The average Bonchev–Trinajstić information content (AvgIpc) is 3.14. The number of anilines is 1. The van der Waals surface area contributed by atoms with Crippen molar-refractivity contribution in [1.29, 1.82) is 0 Å². The largest absolute Gasteiger partial charge is 0.454 e. The number of carbonyl (C=O) groups is 2. The predicted octanol–water partition coefficient (Wildman–Crippen LogP) is 1.57. The van der Waals surface area contributed by atoms with E-state index >= 15 is 0 Å². The molecule has 3 amide bonds. The van der Waals surface area contributed by atoms with Gasteiger partial charge >= 0.3 is 6.03 Å². The van der Waals surface area contributed by atoms with E-state index in [4.69, 9.17) is 9.47 Å². The number of ether oxygens (including phenoxy) is 2. The molecule has 7 nitrogen and oxygen atoms in total. The van der Waals surface area contributed by atoms with Crippen LogP contribution in [0.4, 0.5) is 10.5 Å². The van der Waals surface area contributed by atoms with E-state index in [1.54, 1.807) is 21.9 Å². The first-order valence-electron chi connectivity index (χ1n) is 7.92. The molecule has 2 aliphatic heterocycles. The molecule has 2 aliphatic rings. The van der Waals surface area contributed by atoms with Gasteiger partial charge in [0.1, 0.15) is 6.54 Å². The Morgan fingerprint density at radius 2 is 2.09 bits per heavy atom. The molecular weight excluding hydrogens is 298 g/mol. The molecule has 3 rings (SSSR count). The first-order valence-corrected chi connectivity index (χ1v) is 7.92. The Kier molecular flexibility index (Phi) is 4.55. The summed E-state index contributed by atoms with van der Waals surface area (Å²) in [4.78, 5) is 27.5. The van der Waals surface area contributed by atoms with Crippen LogP contribution in [0.2, 0.25) is 0 Å². The van der Waals surface area contributed by atoms with E-state index in [-0.39, 0.29) is 25.3 Å². The van der Waals surface area contributed by atoms with Crippen molar-refractivity contribution in [1.82, 2.24) is 10.2 Å². The molecule has 1 N–H and O–H groups in total. The molecule has 0 bridgehead atoms. The van der Waals surface area contributed by atoms with Crippen molar-refractivity contribution in [2.24, 2.45) is 0 Å². The van der Waals surface area contributed by atoms with Crippen molar-refractivity contribution in [3.05, 3.63) is 18.2 Å².